The Labute approximate surface area is 125 Å². The van der Waals surface area contributed by atoms with E-state index in [4.69, 9.17) is 11.6 Å². The molecule has 0 atom stereocenters. The summed E-state index contributed by atoms with van der Waals surface area (Å²) in [5.41, 5.74) is 3.93. The highest BCUT2D eigenvalue weighted by molar-refractivity contribution is 6.63. The number of halogens is 1. The number of nitrogens with zero attached hydrogens (tertiary/aromatic N) is 2. The number of hydrogen-bond donors (Lipinski definition) is 0. The second-order valence-electron chi connectivity index (χ2n) is 5.01. The lowest BCUT2D eigenvalue weighted by Crippen LogP contribution is -1.95. The van der Waals surface area contributed by atoms with Gasteiger partial charge < -0.3 is 0 Å². The molecule has 0 saturated heterocycles. The molecule has 0 aliphatic heterocycles. The van der Waals surface area contributed by atoms with E-state index in [-0.39, 0.29) is 11.7 Å². The Morgan fingerprint density at radius 3 is 2.57 bits per heavy atom. The van der Waals surface area contributed by atoms with Crippen molar-refractivity contribution in [2.75, 3.05) is 0 Å². The van der Waals surface area contributed by atoms with Gasteiger partial charge >= 0.3 is 0 Å². The van der Waals surface area contributed by atoms with Crippen molar-refractivity contribution in [3.63, 3.8) is 0 Å². The summed E-state index contributed by atoms with van der Waals surface area (Å²) in [4.78, 5) is 16.0. The summed E-state index contributed by atoms with van der Waals surface area (Å²) in [6.45, 7) is 0. The van der Waals surface area contributed by atoms with Gasteiger partial charge in [0, 0.05) is 17.2 Å². The number of hydrogen-bond acceptors (Lipinski definition) is 2. The summed E-state index contributed by atoms with van der Waals surface area (Å²) in [5.74, 6) is 0. The molecule has 0 unspecified atom stereocenters. The zero-order valence-electron chi connectivity index (χ0n) is 11.1. The minimum absolute atomic E-state index is 0.215. The van der Waals surface area contributed by atoms with E-state index in [1.54, 1.807) is 0 Å². The third kappa shape index (κ3) is 1.82. The lowest BCUT2D eigenvalue weighted by Gasteiger charge is -2.03. The molecule has 4 heteroatoms. The molecule has 0 aliphatic carbocycles. The van der Waals surface area contributed by atoms with Crippen molar-refractivity contribution < 1.29 is 4.79 Å². The molecule has 0 N–H and O–H groups in total. The second kappa shape index (κ2) is 4.57. The van der Waals surface area contributed by atoms with Gasteiger partial charge in [-0.2, -0.15) is 0 Å². The van der Waals surface area contributed by atoms with Crippen LogP contribution in [0.25, 0.3) is 27.3 Å². The van der Waals surface area contributed by atoms with E-state index in [0.717, 1.165) is 32.9 Å². The fourth-order valence-corrected chi connectivity index (χ4v) is 3.10. The molecule has 3 nitrogen and oxygen atoms in total. The number of carbonyl (C=O) groups is 1. The van der Waals surface area contributed by atoms with Crippen molar-refractivity contribution in [2.45, 2.75) is 6.42 Å². The maximum atomic E-state index is 11.5. The normalized spacial score (nSPS) is 11.5. The van der Waals surface area contributed by atoms with Crippen LogP contribution >= 0.6 is 11.6 Å². The summed E-state index contributed by atoms with van der Waals surface area (Å²) in [7, 11) is 0. The molecule has 4 rings (SSSR count). The Hall–Kier alpha value is -2.39. The average molecular weight is 295 g/mol. The molecule has 0 spiro atoms. The van der Waals surface area contributed by atoms with Crippen LogP contribution in [0.1, 0.15) is 5.56 Å². The van der Waals surface area contributed by atoms with Gasteiger partial charge in [0.05, 0.1) is 16.6 Å². The SMILES string of the molecule is O=C(Cl)Cc1c2ccccc2n2cnc3ccccc3c12. The number of aromatic nitrogens is 2. The first kappa shape index (κ1) is 12.4. The Kier molecular flexibility index (Phi) is 2.69. The highest BCUT2D eigenvalue weighted by Gasteiger charge is 2.16. The zero-order chi connectivity index (χ0) is 14.4. The smallest absolute Gasteiger partial charge is 0.226 e. The number of rotatable bonds is 2. The van der Waals surface area contributed by atoms with Gasteiger partial charge in [-0.3, -0.25) is 9.20 Å². The van der Waals surface area contributed by atoms with Crippen LogP contribution in [0.3, 0.4) is 0 Å². The molecule has 2 heterocycles. The van der Waals surface area contributed by atoms with E-state index in [1.807, 2.05) is 59.3 Å². The van der Waals surface area contributed by atoms with Crippen LogP contribution in [-0.4, -0.2) is 14.6 Å². The van der Waals surface area contributed by atoms with Crippen LogP contribution in [0.15, 0.2) is 54.9 Å². The van der Waals surface area contributed by atoms with Crippen molar-refractivity contribution in [1.29, 1.82) is 0 Å². The lowest BCUT2D eigenvalue weighted by molar-refractivity contribution is -0.111. The number of carbonyl (C=O) groups excluding carboxylic acids is 1. The third-order valence-corrected chi connectivity index (χ3v) is 3.94. The molecular weight excluding hydrogens is 284 g/mol. The second-order valence-corrected chi connectivity index (χ2v) is 5.43. The molecule has 0 bridgehead atoms. The van der Waals surface area contributed by atoms with Crippen LogP contribution in [0.4, 0.5) is 0 Å². The molecular formula is C17H11ClN2O. The van der Waals surface area contributed by atoms with Gasteiger partial charge in [0.15, 0.2) is 0 Å². The summed E-state index contributed by atoms with van der Waals surface area (Å²) in [6.07, 6.45) is 2.02. The van der Waals surface area contributed by atoms with Crippen LogP contribution in [0, 0.1) is 0 Å². The molecule has 2 aromatic heterocycles. The van der Waals surface area contributed by atoms with Gasteiger partial charge in [-0.1, -0.05) is 36.4 Å². The van der Waals surface area contributed by atoms with Gasteiger partial charge in [0.2, 0.25) is 5.24 Å². The summed E-state index contributed by atoms with van der Waals surface area (Å²) in [5, 5.41) is 1.72. The van der Waals surface area contributed by atoms with Gasteiger partial charge in [0.1, 0.15) is 6.33 Å². The van der Waals surface area contributed by atoms with Gasteiger partial charge in [-0.15, -0.1) is 0 Å². The topological polar surface area (TPSA) is 34.4 Å². The van der Waals surface area contributed by atoms with E-state index in [1.165, 1.54) is 0 Å². The van der Waals surface area contributed by atoms with E-state index < -0.39 is 0 Å². The molecule has 0 aliphatic rings. The number of fused-ring (bicyclic) bond motifs is 5. The molecule has 0 fully saturated rings. The first-order chi connectivity index (χ1) is 10.3. The van der Waals surface area contributed by atoms with Gasteiger partial charge in [-0.25, -0.2) is 4.98 Å². The molecule has 0 radical (unpaired) electrons. The summed E-state index contributed by atoms with van der Waals surface area (Å²) < 4.78 is 2.03. The maximum absolute atomic E-state index is 11.5. The van der Waals surface area contributed by atoms with Crippen LogP contribution in [0.5, 0.6) is 0 Å². The van der Waals surface area contributed by atoms with Crippen LogP contribution < -0.4 is 0 Å². The predicted octanol–water partition coefficient (Wildman–Crippen LogP) is 3.95. The highest BCUT2D eigenvalue weighted by Crippen LogP contribution is 2.31. The fraction of sp³-hybridized carbons (Fsp3) is 0.0588. The molecule has 4 aromatic rings. The number of benzene rings is 2. The summed E-state index contributed by atoms with van der Waals surface area (Å²) in [6, 6.07) is 15.9. The Morgan fingerprint density at radius 2 is 1.76 bits per heavy atom. The molecule has 2 aromatic carbocycles. The van der Waals surface area contributed by atoms with Crippen molar-refractivity contribution in [3.05, 3.63) is 60.4 Å². The van der Waals surface area contributed by atoms with E-state index in [9.17, 15) is 4.79 Å². The fourth-order valence-electron chi connectivity index (χ4n) is 2.97. The first-order valence-corrected chi connectivity index (χ1v) is 7.07. The Balaban J connectivity index is 2.27. The lowest BCUT2D eigenvalue weighted by atomic mass is 10.1. The van der Waals surface area contributed by atoms with E-state index in [0.29, 0.717) is 0 Å². The summed E-state index contributed by atoms with van der Waals surface area (Å²) >= 11 is 5.66. The predicted molar refractivity (Wildman–Crippen MR) is 84.8 cm³/mol. The maximum Gasteiger partial charge on any atom is 0.226 e. The minimum Gasteiger partial charge on any atom is -0.299 e. The third-order valence-electron chi connectivity index (χ3n) is 3.80. The average Bonchev–Trinajstić information content (AvgIpc) is 2.82. The molecule has 102 valence electrons. The largest absolute Gasteiger partial charge is 0.299 e. The standard InChI is InChI=1S/C17H11ClN2O/c18-16(21)9-13-11-5-2-4-8-15(11)20-10-19-14-7-3-1-6-12(14)17(13)20/h1-8,10H,9H2. The van der Waals surface area contributed by atoms with E-state index >= 15 is 0 Å². The molecule has 21 heavy (non-hydrogen) atoms. The molecule has 0 saturated carbocycles. The quantitative estimate of drug-likeness (QED) is 0.525. The number of para-hydroxylation sites is 2. The first-order valence-electron chi connectivity index (χ1n) is 6.69. The highest BCUT2D eigenvalue weighted by atomic mass is 35.5. The molecule has 0 amide bonds. The van der Waals surface area contributed by atoms with Crippen molar-refractivity contribution in [3.8, 4) is 0 Å². The monoisotopic (exact) mass is 294 g/mol. The van der Waals surface area contributed by atoms with Crippen molar-refractivity contribution in [2.24, 2.45) is 0 Å². The van der Waals surface area contributed by atoms with Gasteiger partial charge in [0.25, 0.3) is 0 Å². The van der Waals surface area contributed by atoms with Crippen molar-refractivity contribution >= 4 is 44.2 Å². The zero-order valence-corrected chi connectivity index (χ0v) is 11.8. The van der Waals surface area contributed by atoms with E-state index in [2.05, 4.69) is 4.98 Å². The Bertz CT molecular complexity index is 1000. The Morgan fingerprint density at radius 1 is 1.05 bits per heavy atom. The minimum atomic E-state index is -0.353. The van der Waals surface area contributed by atoms with Crippen LogP contribution in [-0.2, 0) is 11.2 Å². The van der Waals surface area contributed by atoms with Gasteiger partial charge in [-0.05, 0) is 29.3 Å². The van der Waals surface area contributed by atoms with Crippen LogP contribution in [0.2, 0.25) is 0 Å². The van der Waals surface area contributed by atoms with Crippen molar-refractivity contribution in [1.82, 2.24) is 9.38 Å².